The van der Waals surface area contributed by atoms with Crippen LogP contribution in [0.15, 0.2) is 29.3 Å². The Morgan fingerprint density at radius 1 is 1.32 bits per heavy atom. The van der Waals surface area contributed by atoms with Crippen LogP contribution in [0.5, 0.6) is 5.75 Å². The summed E-state index contributed by atoms with van der Waals surface area (Å²) in [6.45, 7) is 14.5. The van der Waals surface area contributed by atoms with Gasteiger partial charge in [0.15, 0.2) is 5.96 Å². The van der Waals surface area contributed by atoms with Gasteiger partial charge in [-0.3, -0.25) is 0 Å². The minimum atomic E-state index is 0.0404. The summed E-state index contributed by atoms with van der Waals surface area (Å²) in [4.78, 5) is 7.20. The van der Waals surface area contributed by atoms with Gasteiger partial charge in [-0.15, -0.1) is 0 Å². The number of benzene rings is 1. The lowest BCUT2D eigenvalue weighted by Gasteiger charge is -2.18. The van der Waals surface area contributed by atoms with Gasteiger partial charge in [-0.2, -0.15) is 0 Å². The Bertz CT molecular complexity index is 546. The normalized spacial score (nSPS) is 19.7. The van der Waals surface area contributed by atoms with E-state index in [1.54, 1.807) is 0 Å². The van der Waals surface area contributed by atoms with Gasteiger partial charge in [0.05, 0.1) is 6.54 Å². The number of likely N-dealkylation sites (tertiary alicyclic amines) is 1. The van der Waals surface area contributed by atoms with Crippen LogP contribution in [0.2, 0.25) is 0 Å². The van der Waals surface area contributed by atoms with Gasteiger partial charge in [-0.25, -0.2) is 4.99 Å². The SMILES string of the molecule is CCNC(=NCC(C)Oc1ccccc1C)NCC1CCN(CC)C1. The lowest BCUT2D eigenvalue weighted by molar-refractivity contribution is 0.228. The third kappa shape index (κ3) is 6.58. The number of hydrogen-bond donors (Lipinski definition) is 2. The van der Waals surface area contributed by atoms with Gasteiger partial charge in [-0.05, 0) is 57.8 Å². The summed E-state index contributed by atoms with van der Waals surface area (Å²) in [5, 5.41) is 6.83. The van der Waals surface area contributed by atoms with Crippen molar-refractivity contribution in [3.63, 3.8) is 0 Å². The maximum Gasteiger partial charge on any atom is 0.191 e. The van der Waals surface area contributed by atoms with Crippen LogP contribution in [0, 0.1) is 12.8 Å². The Morgan fingerprint density at radius 3 is 2.80 bits per heavy atom. The van der Waals surface area contributed by atoms with E-state index in [-0.39, 0.29) is 6.10 Å². The second-order valence-electron chi connectivity index (χ2n) is 6.84. The van der Waals surface area contributed by atoms with E-state index in [0.717, 1.165) is 36.9 Å². The summed E-state index contributed by atoms with van der Waals surface area (Å²) in [6.07, 6.45) is 1.31. The third-order valence-corrected chi connectivity index (χ3v) is 4.65. The molecule has 1 fully saturated rings. The van der Waals surface area contributed by atoms with Gasteiger partial charge in [0, 0.05) is 19.6 Å². The number of aryl methyl sites for hydroxylation is 1. The van der Waals surface area contributed by atoms with Crippen LogP contribution in [0.4, 0.5) is 0 Å². The highest BCUT2D eigenvalue weighted by Gasteiger charge is 2.21. The lowest BCUT2D eigenvalue weighted by atomic mass is 10.1. The summed E-state index contributed by atoms with van der Waals surface area (Å²) < 4.78 is 6.01. The van der Waals surface area contributed by atoms with E-state index >= 15 is 0 Å². The summed E-state index contributed by atoms with van der Waals surface area (Å²) in [5.74, 6) is 2.54. The quantitative estimate of drug-likeness (QED) is 0.561. The summed E-state index contributed by atoms with van der Waals surface area (Å²) in [6, 6.07) is 8.11. The topological polar surface area (TPSA) is 48.9 Å². The highest BCUT2D eigenvalue weighted by Crippen LogP contribution is 2.18. The van der Waals surface area contributed by atoms with Gasteiger partial charge in [0.1, 0.15) is 11.9 Å². The summed E-state index contributed by atoms with van der Waals surface area (Å²) >= 11 is 0. The lowest BCUT2D eigenvalue weighted by Crippen LogP contribution is -2.41. The van der Waals surface area contributed by atoms with Gasteiger partial charge in [0.25, 0.3) is 0 Å². The molecule has 0 saturated carbocycles. The van der Waals surface area contributed by atoms with Crippen molar-refractivity contribution in [2.45, 2.75) is 40.2 Å². The molecule has 2 unspecified atom stereocenters. The van der Waals surface area contributed by atoms with E-state index in [4.69, 9.17) is 9.73 Å². The number of guanidine groups is 1. The maximum absolute atomic E-state index is 6.01. The van der Waals surface area contributed by atoms with Crippen molar-refractivity contribution in [1.82, 2.24) is 15.5 Å². The second-order valence-corrected chi connectivity index (χ2v) is 6.84. The minimum Gasteiger partial charge on any atom is -0.489 e. The Hall–Kier alpha value is -1.75. The molecule has 5 nitrogen and oxygen atoms in total. The van der Waals surface area contributed by atoms with Crippen LogP contribution >= 0.6 is 0 Å². The molecule has 0 radical (unpaired) electrons. The van der Waals surface area contributed by atoms with E-state index in [1.807, 2.05) is 18.2 Å². The first-order valence-corrected chi connectivity index (χ1v) is 9.59. The standard InChI is InChI=1S/C20H34N4O/c1-5-21-20(23-14-18-11-12-24(6-2)15-18)22-13-17(4)25-19-10-8-7-9-16(19)3/h7-10,17-18H,5-6,11-15H2,1-4H3,(H2,21,22,23). The zero-order chi connectivity index (χ0) is 18.1. The minimum absolute atomic E-state index is 0.0404. The van der Waals surface area contributed by atoms with Gasteiger partial charge in [-0.1, -0.05) is 25.1 Å². The molecule has 0 amide bonds. The van der Waals surface area contributed by atoms with Crippen molar-refractivity contribution in [2.24, 2.45) is 10.9 Å². The fourth-order valence-electron chi connectivity index (χ4n) is 3.11. The first-order chi connectivity index (χ1) is 12.1. The van der Waals surface area contributed by atoms with Crippen LogP contribution in [0.3, 0.4) is 0 Å². The molecule has 1 aromatic carbocycles. The molecule has 1 saturated heterocycles. The van der Waals surface area contributed by atoms with E-state index in [1.165, 1.54) is 19.5 Å². The summed E-state index contributed by atoms with van der Waals surface area (Å²) in [5.41, 5.74) is 1.16. The summed E-state index contributed by atoms with van der Waals surface area (Å²) in [7, 11) is 0. The largest absolute Gasteiger partial charge is 0.489 e. The van der Waals surface area contributed by atoms with Crippen molar-refractivity contribution in [3.05, 3.63) is 29.8 Å². The van der Waals surface area contributed by atoms with E-state index in [2.05, 4.69) is 49.3 Å². The number of para-hydroxylation sites is 1. The van der Waals surface area contributed by atoms with Crippen LogP contribution in [-0.2, 0) is 0 Å². The molecule has 5 heteroatoms. The Kier molecular flexibility index (Phi) is 8.06. The number of nitrogens with one attached hydrogen (secondary N) is 2. The molecule has 2 atom stereocenters. The smallest absolute Gasteiger partial charge is 0.191 e. The molecular weight excluding hydrogens is 312 g/mol. The highest BCUT2D eigenvalue weighted by molar-refractivity contribution is 5.79. The molecule has 2 rings (SSSR count). The Balaban J connectivity index is 1.81. The number of rotatable bonds is 8. The molecule has 140 valence electrons. The zero-order valence-corrected chi connectivity index (χ0v) is 16.2. The van der Waals surface area contributed by atoms with Gasteiger partial charge in [0.2, 0.25) is 0 Å². The molecule has 1 aliphatic heterocycles. The molecule has 1 aliphatic rings. The fourth-order valence-corrected chi connectivity index (χ4v) is 3.11. The number of aliphatic imine (C=N–C) groups is 1. The first kappa shape index (κ1) is 19.6. The molecule has 0 aliphatic carbocycles. The molecule has 0 aromatic heterocycles. The van der Waals surface area contributed by atoms with Crippen molar-refractivity contribution >= 4 is 5.96 Å². The van der Waals surface area contributed by atoms with Crippen molar-refractivity contribution in [1.29, 1.82) is 0 Å². The van der Waals surface area contributed by atoms with Crippen molar-refractivity contribution < 1.29 is 4.74 Å². The van der Waals surface area contributed by atoms with E-state index < -0.39 is 0 Å². The first-order valence-electron chi connectivity index (χ1n) is 9.59. The Labute approximate surface area is 152 Å². The zero-order valence-electron chi connectivity index (χ0n) is 16.2. The predicted octanol–water partition coefficient (Wildman–Crippen LogP) is 2.66. The van der Waals surface area contributed by atoms with Crippen LogP contribution in [-0.4, -0.2) is 56.2 Å². The monoisotopic (exact) mass is 346 g/mol. The number of hydrogen-bond acceptors (Lipinski definition) is 3. The van der Waals surface area contributed by atoms with Gasteiger partial charge < -0.3 is 20.3 Å². The molecule has 0 bridgehead atoms. The van der Waals surface area contributed by atoms with Crippen LogP contribution in [0.25, 0.3) is 0 Å². The van der Waals surface area contributed by atoms with Gasteiger partial charge >= 0.3 is 0 Å². The van der Waals surface area contributed by atoms with E-state index in [0.29, 0.717) is 12.5 Å². The number of ether oxygens (including phenoxy) is 1. The molecule has 0 spiro atoms. The number of nitrogens with zero attached hydrogens (tertiary/aromatic N) is 2. The van der Waals surface area contributed by atoms with E-state index in [9.17, 15) is 0 Å². The average molecular weight is 347 g/mol. The maximum atomic E-state index is 6.01. The predicted molar refractivity (Wildman–Crippen MR) is 105 cm³/mol. The molecule has 1 heterocycles. The highest BCUT2D eigenvalue weighted by atomic mass is 16.5. The third-order valence-electron chi connectivity index (χ3n) is 4.65. The van der Waals surface area contributed by atoms with Crippen LogP contribution < -0.4 is 15.4 Å². The molecule has 2 N–H and O–H groups in total. The average Bonchev–Trinajstić information content (AvgIpc) is 3.07. The van der Waals surface area contributed by atoms with Crippen molar-refractivity contribution in [2.75, 3.05) is 39.3 Å². The molecule has 1 aromatic rings. The Morgan fingerprint density at radius 2 is 2.12 bits per heavy atom. The fraction of sp³-hybridized carbons (Fsp3) is 0.650. The van der Waals surface area contributed by atoms with Crippen molar-refractivity contribution in [3.8, 4) is 5.75 Å². The second kappa shape index (κ2) is 10.3. The molecule has 25 heavy (non-hydrogen) atoms. The molecular formula is C20H34N4O. The van der Waals surface area contributed by atoms with Crippen LogP contribution in [0.1, 0.15) is 32.8 Å².